The maximum absolute atomic E-state index is 13.7. The second-order valence-corrected chi connectivity index (χ2v) is 9.39. The molecule has 0 aliphatic carbocycles. The zero-order valence-electron chi connectivity index (χ0n) is 22.1. The minimum atomic E-state index is -0.712. The SMILES string of the molecule is CCOC(=O)C1=C(CN2CCN(C(=O)c3cccc(F)c3)C(C)C2)N(C)C(=O)NC1c1cccc(OC)c1. The molecule has 38 heavy (non-hydrogen) atoms. The lowest BCUT2D eigenvalue weighted by molar-refractivity contribution is -0.139. The number of amides is 3. The minimum absolute atomic E-state index is 0.164. The molecule has 9 nitrogen and oxygen atoms in total. The van der Waals surface area contributed by atoms with Gasteiger partial charge in [-0.3, -0.25) is 14.6 Å². The van der Waals surface area contributed by atoms with Gasteiger partial charge in [0.25, 0.3) is 5.91 Å². The fourth-order valence-corrected chi connectivity index (χ4v) is 4.95. The van der Waals surface area contributed by atoms with Crippen LogP contribution in [0, 0.1) is 5.82 Å². The van der Waals surface area contributed by atoms with Crippen molar-refractivity contribution in [1.29, 1.82) is 0 Å². The predicted octanol–water partition coefficient (Wildman–Crippen LogP) is 3.19. The van der Waals surface area contributed by atoms with Crippen LogP contribution in [0.1, 0.15) is 35.8 Å². The number of hydrogen-bond acceptors (Lipinski definition) is 6. The average molecular weight is 525 g/mol. The molecule has 2 aromatic carbocycles. The Kier molecular flexibility index (Phi) is 8.31. The zero-order valence-corrected chi connectivity index (χ0v) is 22.1. The third-order valence-electron chi connectivity index (χ3n) is 6.92. The van der Waals surface area contributed by atoms with E-state index in [4.69, 9.17) is 9.47 Å². The molecule has 10 heteroatoms. The van der Waals surface area contributed by atoms with Gasteiger partial charge in [0.1, 0.15) is 11.6 Å². The molecule has 2 heterocycles. The Morgan fingerprint density at radius 3 is 2.58 bits per heavy atom. The van der Waals surface area contributed by atoms with E-state index in [2.05, 4.69) is 10.2 Å². The van der Waals surface area contributed by atoms with Gasteiger partial charge in [-0.05, 0) is 49.7 Å². The molecular formula is C28H33FN4O5. The Balaban J connectivity index is 1.61. The van der Waals surface area contributed by atoms with Crippen LogP contribution in [0.5, 0.6) is 5.75 Å². The highest BCUT2D eigenvalue weighted by Crippen LogP contribution is 2.33. The Labute approximate surface area is 221 Å². The number of methoxy groups -OCH3 is 1. The first-order chi connectivity index (χ1) is 18.2. The summed E-state index contributed by atoms with van der Waals surface area (Å²) in [6.45, 7) is 5.62. The van der Waals surface area contributed by atoms with E-state index >= 15 is 0 Å². The van der Waals surface area contributed by atoms with Crippen molar-refractivity contribution >= 4 is 17.9 Å². The molecule has 0 aromatic heterocycles. The third kappa shape index (κ3) is 5.65. The molecule has 1 saturated heterocycles. The number of esters is 1. The van der Waals surface area contributed by atoms with E-state index in [-0.39, 0.29) is 24.6 Å². The molecule has 0 saturated carbocycles. The van der Waals surface area contributed by atoms with Gasteiger partial charge in [0, 0.05) is 50.5 Å². The molecule has 1 fully saturated rings. The monoisotopic (exact) mass is 524 g/mol. The smallest absolute Gasteiger partial charge is 0.338 e. The summed E-state index contributed by atoms with van der Waals surface area (Å²) in [4.78, 5) is 44.5. The van der Waals surface area contributed by atoms with Crippen LogP contribution in [0.2, 0.25) is 0 Å². The number of ether oxygens (including phenoxy) is 2. The minimum Gasteiger partial charge on any atom is -0.497 e. The predicted molar refractivity (Wildman–Crippen MR) is 139 cm³/mol. The van der Waals surface area contributed by atoms with Crippen LogP contribution < -0.4 is 10.1 Å². The normalized spacial score (nSPS) is 20.3. The van der Waals surface area contributed by atoms with Crippen molar-refractivity contribution in [3.05, 3.63) is 76.7 Å². The van der Waals surface area contributed by atoms with Gasteiger partial charge in [0.2, 0.25) is 0 Å². The summed E-state index contributed by atoms with van der Waals surface area (Å²) >= 11 is 0. The molecule has 2 aliphatic rings. The molecule has 2 unspecified atom stereocenters. The maximum Gasteiger partial charge on any atom is 0.338 e. The van der Waals surface area contributed by atoms with Gasteiger partial charge in [-0.1, -0.05) is 18.2 Å². The average Bonchev–Trinajstić information content (AvgIpc) is 2.91. The number of urea groups is 1. The van der Waals surface area contributed by atoms with Gasteiger partial charge in [0.05, 0.1) is 25.3 Å². The lowest BCUT2D eigenvalue weighted by Gasteiger charge is -2.42. The quantitative estimate of drug-likeness (QED) is 0.560. The molecule has 2 aliphatic heterocycles. The molecule has 1 N–H and O–H groups in total. The van der Waals surface area contributed by atoms with E-state index in [0.717, 1.165) is 0 Å². The third-order valence-corrected chi connectivity index (χ3v) is 6.92. The Morgan fingerprint density at radius 2 is 1.89 bits per heavy atom. The highest BCUT2D eigenvalue weighted by Gasteiger charge is 2.38. The number of piperazine rings is 1. The maximum atomic E-state index is 13.7. The van der Waals surface area contributed by atoms with Crippen molar-refractivity contribution in [2.75, 3.05) is 46.9 Å². The van der Waals surface area contributed by atoms with Crippen molar-refractivity contribution in [2.24, 2.45) is 0 Å². The first-order valence-electron chi connectivity index (χ1n) is 12.6. The number of nitrogens with one attached hydrogen (secondary N) is 1. The molecular weight excluding hydrogens is 491 g/mol. The Morgan fingerprint density at radius 1 is 1.13 bits per heavy atom. The number of likely N-dealkylation sites (N-methyl/N-ethyl adjacent to an activating group) is 1. The van der Waals surface area contributed by atoms with Crippen LogP contribution in [0.15, 0.2) is 59.8 Å². The Bertz CT molecular complexity index is 1250. The van der Waals surface area contributed by atoms with Crippen molar-refractivity contribution in [3.63, 3.8) is 0 Å². The number of carbonyl (C=O) groups is 3. The van der Waals surface area contributed by atoms with Crippen molar-refractivity contribution in [3.8, 4) is 5.75 Å². The fourth-order valence-electron chi connectivity index (χ4n) is 4.95. The highest BCUT2D eigenvalue weighted by molar-refractivity contribution is 5.95. The molecule has 4 rings (SSSR count). The number of carbonyl (C=O) groups excluding carboxylic acids is 3. The number of benzene rings is 2. The molecule has 0 radical (unpaired) electrons. The van der Waals surface area contributed by atoms with Gasteiger partial charge < -0.3 is 19.7 Å². The van der Waals surface area contributed by atoms with Crippen LogP contribution in [0.25, 0.3) is 0 Å². The molecule has 202 valence electrons. The number of nitrogens with zero attached hydrogens (tertiary/aromatic N) is 3. The molecule has 2 atom stereocenters. The van der Waals surface area contributed by atoms with Gasteiger partial charge >= 0.3 is 12.0 Å². The van der Waals surface area contributed by atoms with Crippen LogP contribution in [0.4, 0.5) is 9.18 Å². The molecule has 3 amide bonds. The van der Waals surface area contributed by atoms with Gasteiger partial charge in [0.15, 0.2) is 0 Å². The lowest BCUT2D eigenvalue weighted by Crippen LogP contribution is -2.56. The molecule has 2 aromatic rings. The first-order valence-corrected chi connectivity index (χ1v) is 12.6. The van der Waals surface area contributed by atoms with Crippen molar-refractivity contribution < 1.29 is 28.2 Å². The van der Waals surface area contributed by atoms with E-state index in [0.29, 0.717) is 54.3 Å². The van der Waals surface area contributed by atoms with Crippen LogP contribution in [-0.2, 0) is 9.53 Å². The van der Waals surface area contributed by atoms with E-state index in [1.807, 2.05) is 13.0 Å². The second kappa shape index (κ2) is 11.6. The highest BCUT2D eigenvalue weighted by atomic mass is 19.1. The molecule has 0 spiro atoms. The van der Waals surface area contributed by atoms with Crippen LogP contribution in [0.3, 0.4) is 0 Å². The summed E-state index contributed by atoms with van der Waals surface area (Å²) in [5.41, 5.74) is 1.90. The van der Waals surface area contributed by atoms with Gasteiger partial charge in [-0.2, -0.15) is 0 Å². The largest absolute Gasteiger partial charge is 0.497 e. The summed E-state index contributed by atoms with van der Waals surface area (Å²) in [6.07, 6.45) is 0. The Hall–Kier alpha value is -3.92. The summed E-state index contributed by atoms with van der Waals surface area (Å²) in [6, 6.07) is 11.7. The molecule has 0 bridgehead atoms. The van der Waals surface area contributed by atoms with Crippen molar-refractivity contribution in [2.45, 2.75) is 25.9 Å². The summed E-state index contributed by atoms with van der Waals surface area (Å²) in [7, 11) is 3.18. The van der Waals surface area contributed by atoms with E-state index in [1.165, 1.54) is 23.1 Å². The van der Waals surface area contributed by atoms with Crippen LogP contribution in [-0.4, -0.2) is 85.6 Å². The van der Waals surface area contributed by atoms with Crippen LogP contribution >= 0.6 is 0 Å². The summed E-state index contributed by atoms with van der Waals surface area (Å²) < 4.78 is 24.4. The summed E-state index contributed by atoms with van der Waals surface area (Å²) in [5, 5.41) is 2.91. The lowest BCUT2D eigenvalue weighted by atomic mass is 9.94. The van der Waals surface area contributed by atoms with E-state index in [1.54, 1.807) is 50.2 Å². The summed E-state index contributed by atoms with van der Waals surface area (Å²) in [5.74, 6) is -0.580. The zero-order chi connectivity index (χ0) is 27.4. The topological polar surface area (TPSA) is 91.4 Å². The number of halogens is 1. The second-order valence-electron chi connectivity index (χ2n) is 9.39. The number of rotatable bonds is 7. The first kappa shape index (κ1) is 27.1. The van der Waals surface area contributed by atoms with E-state index in [9.17, 15) is 18.8 Å². The van der Waals surface area contributed by atoms with Crippen molar-refractivity contribution in [1.82, 2.24) is 20.0 Å². The van der Waals surface area contributed by atoms with Gasteiger partial charge in [-0.15, -0.1) is 0 Å². The van der Waals surface area contributed by atoms with Gasteiger partial charge in [-0.25, -0.2) is 14.0 Å². The number of hydrogen-bond donors (Lipinski definition) is 1. The van der Waals surface area contributed by atoms with E-state index < -0.39 is 17.8 Å². The fraction of sp³-hybridized carbons (Fsp3) is 0.393. The standard InChI is InChI=1S/C28H33FN4O5/c1-5-38-27(35)24-23(31(3)28(36)30-25(24)19-8-7-11-22(15-19)37-4)17-32-12-13-33(18(2)16-32)26(34)20-9-6-10-21(29)14-20/h6-11,14-15,18,25H,5,12-13,16-17H2,1-4H3,(H,30,36).